The number of carbonyl (C=O) groups is 3. The largest absolute Gasteiger partial charge is 0.465 e. The van der Waals surface area contributed by atoms with Gasteiger partial charge < -0.3 is 15.4 Å². The molecule has 2 aromatic rings. The standard InChI is InChI=1S/C21H24ClN3O4S/c1-23-19(27)13-7-9-25(10-8-13)11-17(26)24-20-18(21(28)29-2)15(12-30-20)14-5-3-4-6-16(14)22/h3-6,12-13H,7-11H2,1-2H3,(H,23,27)(H,24,26). The molecule has 0 spiro atoms. The summed E-state index contributed by atoms with van der Waals surface area (Å²) in [5.74, 6) is -0.706. The molecule has 30 heavy (non-hydrogen) atoms. The van der Waals surface area contributed by atoms with Gasteiger partial charge in [-0.05, 0) is 32.0 Å². The number of piperidine rings is 1. The van der Waals surface area contributed by atoms with Crippen LogP contribution in [-0.2, 0) is 14.3 Å². The number of hydrogen-bond donors (Lipinski definition) is 2. The van der Waals surface area contributed by atoms with Crippen molar-refractivity contribution in [1.29, 1.82) is 0 Å². The maximum absolute atomic E-state index is 12.6. The number of nitrogens with zero attached hydrogens (tertiary/aromatic N) is 1. The zero-order chi connectivity index (χ0) is 21.7. The number of thiophene rings is 1. The minimum Gasteiger partial charge on any atom is -0.465 e. The Morgan fingerprint density at radius 1 is 1.20 bits per heavy atom. The summed E-state index contributed by atoms with van der Waals surface area (Å²) in [6.45, 7) is 1.54. The van der Waals surface area contributed by atoms with Crippen LogP contribution in [0.25, 0.3) is 11.1 Å². The van der Waals surface area contributed by atoms with Gasteiger partial charge in [0.05, 0.1) is 13.7 Å². The van der Waals surface area contributed by atoms with Crippen molar-refractivity contribution < 1.29 is 19.1 Å². The van der Waals surface area contributed by atoms with Gasteiger partial charge in [-0.15, -0.1) is 11.3 Å². The van der Waals surface area contributed by atoms with Gasteiger partial charge in [0.2, 0.25) is 11.8 Å². The van der Waals surface area contributed by atoms with Crippen LogP contribution in [-0.4, -0.2) is 56.5 Å². The van der Waals surface area contributed by atoms with Gasteiger partial charge in [0.15, 0.2) is 0 Å². The lowest BCUT2D eigenvalue weighted by atomic mass is 9.96. The molecule has 1 aliphatic heterocycles. The van der Waals surface area contributed by atoms with E-state index in [-0.39, 0.29) is 24.3 Å². The van der Waals surface area contributed by atoms with Crippen molar-refractivity contribution in [3.63, 3.8) is 0 Å². The topological polar surface area (TPSA) is 87.7 Å². The zero-order valence-electron chi connectivity index (χ0n) is 16.9. The lowest BCUT2D eigenvalue weighted by Gasteiger charge is -2.30. The van der Waals surface area contributed by atoms with E-state index >= 15 is 0 Å². The van der Waals surface area contributed by atoms with Crippen molar-refractivity contribution in [1.82, 2.24) is 10.2 Å². The molecule has 1 aromatic carbocycles. The number of esters is 1. The second kappa shape index (κ2) is 10.1. The molecule has 0 radical (unpaired) electrons. The third-order valence-electron chi connectivity index (χ3n) is 5.17. The summed E-state index contributed by atoms with van der Waals surface area (Å²) in [6.07, 6.45) is 1.44. The number of methoxy groups -OCH3 is 1. The number of anilines is 1. The van der Waals surface area contributed by atoms with E-state index in [2.05, 4.69) is 10.6 Å². The predicted molar refractivity (Wildman–Crippen MR) is 118 cm³/mol. The first-order chi connectivity index (χ1) is 14.4. The summed E-state index contributed by atoms with van der Waals surface area (Å²) >= 11 is 7.56. The van der Waals surface area contributed by atoms with Gasteiger partial charge in [-0.1, -0.05) is 29.8 Å². The predicted octanol–water partition coefficient (Wildman–Crippen LogP) is 3.25. The lowest BCUT2D eigenvalue weighted by Crippen LogP contribution is -2.42. The van der Waals surface area contributed by atoms with E-state index in [4.69, 9.17) is 16.3 Å². The Kier molecular flexibility index (Phi) is 7.47. The molecular weight excluding hydrogens is 426 g/mol. The summed E-state index contributed by atoms with van der Waals surface area (Å²) < 4.78 is 4.94. The van der Waals surface area contributed by atoms with Crippen LogP contribution in [0.4, 0.5) is 5.00 Å². The smallest absolute Gasteiger partial charge is 0.341 e. The van der Waals surface area contributed by atoms with Crippen LogP contribution >= 0.6 is 22.9 Å². The van der Waals surface area contributed by atoms with Crippen LogP contribution < -0.4 is 10.6 Å². The number of ether oxygens (including phenoxy) is 1. The van der Waals surface area contributed by atoms with Crippen molar-refractivity contribution in [3.8, 4) is 11.1 Å². The number of nitrogens with one attached hydrogen (secondary N) is 2. The molecule has 1 aromatic heterocycles. The Bertz CT molecular complexity index is 938. The van der Waals surface area contributed by atoms with Crippen LogP contribution in [0.15, 0.2) is 29.6 Å². The van der Waals surface area contributed by atoms with Gasteiger partial charge in [-0.2, -0.15) is 0 Å². The SMILES string of the molecule is CNC(=O)C1CCN(CC(=O)Nc2scc(-c3ccccc3Cl)c2C(=O)OC)CC1. The van der Waals surface area contributed by atoms with E-state index in [0.29, 0.717) is 39.8 Å². The average molecular weight is 450 g/mol. The minimum atomic E-state index is -0.534. The number of benzene rings is 1. The van der Waals surface area contributed by atoms with Gasteiger partial charge in [-0.25, -0.2) is 4.79 Å². The van der Waals surface area contributed by atoms with Gasteiger partial charge in [0.25, 0.3) is 0 Å². The highest BCUT2D eigenvalue weighted by atomic mass is 35.5. The molecule has 0 bridgehead atoms. The summed E-state index contributed by atoms with van der Waals surface area (Å²) in [6, 6.07) is 7.21. The molecule has 2 amide bonds. The molecule has 7 nitrogen and oxygen atoms in total. The molecular formula is C21H24ClN3O4S. The monoisotopic (exact) mass is 449 g/mol. The molecule has 1 saturated heterocycles. The quantitative estimate of drug-likeness (QED) is 0.661. The van der Waals surface area contributed by atoms with Gasteiger partial charge >= 0.3 is 5.97 Å². The first-order valence-electron chi connectivity index (χ1n) is 9.63. The molecule has 2 heterocycles. The highest BCUT2D eigenvalue weighted by molar-refractivity contribution is 7.15. The Morgan fingerprint density at radius 2 is 1.90 bits per heavy atom. The minimum absolute atomic E-state index is 0.00397. The first-order valence-corrected chi connectivity index (χ1v) is 10.9. The summed E-state index contributed by atoms with van der Waals surface area (Å²) in [5.41, 5.74) is 1.62. The molecule has 0 atom stereocenters. The van der Waals surface area contributed by atoms with E-state index in [1.54, 1.807) is 18.5 Å². The maximum Gasteiger partial charge on any atom is 0.341 e. The van der Waals surface area contributed by atoms with Crippen molar-refractivity contribution in [2.75, 3.05) is 39.1 Å². The fraction of sp³-hybridized carbons (Fsp3) is 0.381. The van der Waals surface area contributed by atoms with Crippen molar-refractivity contribution >= 4 is 45.7 Å². The van der Waals surface area contributed by atoms with Gasteiger partial charge in [0.1, 0.15) is 10.6 Å². The zero-order valence-corrected chi connectivity index (χ0v) is 18.4. The molecule has 160 valence electrons. The Morgan fingerprint density at radius 3 is 2.53 bits per heavy atom. The molecule has 0 aliphatic carbocycles. The number of rotatable bonds is 6. The molecule has 0 unspecified atom stereocenters. The summed E-state index contributed by atoms with van der Waals surface area (Å²) in [4.78, 5) is 38.8. The number of halogens is 1. The normalized spacial score (nSPS) is 14.9. The fourth-order valence-electron chi connectivity index (χ4n) is 3.56. The van der Waals surface area contributed by atoms with E-state index in [9.17, 15) is 14.4 Å². The highest BCUT2D eigenvalue weighted by Crippen LogP contribution is 2.39. The second-order valence-electron chi connectivity index (χ2n) is 7.04. The second-order valence-corrected chi connectivity index (χ2v) is 8.32. The molecule has 0 saturated carbocycles. The molecule has 1 fully saturated rings. The van der Waals surface area contributed by atoms with Gasteiger partial charge in [0, 0.05) is 34.5 Å². The third-order valence-corrected chi connectivity index (χ3v) is 6.39. The molecule has 9 heteroatoms. The number of amides is 2. The average Bonchev–Trinajstić information content (AvgIpc) is 3.16. The van der Waals surface area contributed by atoms with Crippen LogP contribution in [0.1, 0.15) is 23.2 Å². The van der Waals surface area contributed by atoms with E-state index in [0.717, 1.165) is 12.8 Å². The third kappa shape index (κ3) is 5.00. The van der Waals surface area contributed by atoms with Gasteiger partial charge in [-0.3, -0.25) is 14.5 Å². The van der Waals surface area contributed by atoms with Crippen molar-refractivity contribution in [3.05, 3.63) is 40.2 Å². The van der Waals surface area contributed by atoms with E-state index in [1.165, 1.54) is 18.4 Å². The molecule has 3 rings (SSSR count). The number of carbonyl (C=O) groups excluding carboxylic acids is 3. The van der Waals surface area contributed by atoms with Crippen LogP contribution in [0, 0.1) is 5.92 Å². The van der Waals surface area contributed by atoms with Crippen LogP contribution in [0.5, 0.6) is 0 Å². The lowest BCUT2D eigenvalue weighted by molar-refractivity contribution is -0.126. The van der Waals surface area contributed by atoms with Crippen molar-refractivity contribution in [2.45, 2.75) is 12.8 Å². The Hall–Kier alpha value is -2.42. The summed E-state index contributed by atoms with van der Waals surface area (Å²) in [7, 11) is 2.94. The first kappa shape index (κ1) is 22.3. The maximum atomic E-state index is 12.6. The molecule has 1 aliphatic rings. The Balaban J connectivity index is 1.71. The fourth-order valence-corrected chi connectivity index (χ4v) is 4.76. The molecule has 2 N–H and O–H groups in total. The Labute approximate surface area is 184 Å². The number of likely N-dealkylation sites (tertiary alicyclic amines) is 1. The van der Waals surface area contributed by atoms with Crippen LogP contribution in [0.2, 0.25) is 5.02 Å². The summed E-state index contributed by atoms with van der Waals surface area (Å²) in [5, 5.41) is 8.25. The van der Waals surface area contributed by atoms with Crippen LogP contribution in [0.3, 0.4) is 0 Å². The van der Waals surface area contributed by atoms with E-state index in [1.807, 2.05) is 23.1 Å². The van der Waals surface area contributed by atoms with Crippen molar-refractivity contribution in [2.24, 2.45) is 5.92 Å². The number of hydrogen-bond acceptors (Lipinski definition) is 6. The highest BCUT2D eigenvalue weighted by Gasteiger charge is 2.27. The van der Waals surface area contributed by atoms with E-state index < -0.39 is 5.97 Å².